The molecule has 0 aliphatic carbocycles. The van der Waals surface area contributed by atoms with Gasteiger partial charge in [-0.05, 0) is 13.8 Å². The van der Waals surface area contributed by atoms with Crippen LogP contribution in [0.4, 0.5) is 0 Å². The molecule has 0 bridgehead atoms. The molecule has 0 radical (unpaired) electrons. The summed E-state index contributed by atoms with van der Waals surface area (Å²) >= 11 is 0. The maximum atomic E-state index is 5.38. The molecule has 1 heterocycles. The zero-order valence-electron chi connectivity index (χ0n) is 6.72. The Balaban J connectivity index is 2.40. The van der Waals surface area contributed by atoms with Crippen molar-refractivity contribution in [1.29, 1.82) is 0 Å². The summed E-state index contributed by atoms with van der Waals surface area (Å²) in [4.78, 5) is 0. The van der Waals surface area contributed by atoms with Gasteiger partial charge in [-0.2, -0.15) is 0 Å². The Bertz CT molecular complexity index is 111. The highest BCUT2D eigenvalue weighted by Gasteiger charge is 2.28. The lowest BCUT2D eigenvalue weighted by molar-refractivity contribution is -0.325. The first-order valence-electron chi connectivity index (χ1n) is 3.48. The molecule has 1 saturated heterocycles. The van der Waals surface area contributed by atoms with Gasteiger partial charge in [-0.15, -0.1) is 0 Å². The molecule has 0 aromatic carbocycles. The first kappa shape index (κ1) is 7.98. The van der Waals surface area contributed by atoms with Crippen LogP contribution in [-0.2, 0) is 14.2 Å². The molecule has 1 atom stereocenters. The third-order valence-electron chi connectivity index (χ3n) is 1.48. The normalized spacial score (nSPS) is 32.1. The van der Waals surface area contributed by atoms with Gasteiger partial charge in [-0.3, -0.25) is 0 Å². The third-order valence-corrected chi connectivity index (χ3v) is 1.48. The van der Waals surface area contributed by atoms with Gasteiger partial charge >= 0.3 is 0 Å². The maximum Gasteiger partial charge on any atom is 0.165 e. The van der Waals surface area contributed by atoms with Crippen molar-refractivity contribution in [3.63, 3.8) is 0 Å². The molecular formula is C7H14O3. The Labute approximate surface area is 61.3 Å². The van der Waals surface area contributed by atoms with Gasteiger partial charge in [0.15, 0.2) is 12.1 Å². The second-order valence-corrected chi connectivity index (χ2v) is 2.82. The fourth-order valence-electron chi connectivity index (χ4n) is 0.976. The van der Waals surface area contributed by atoms with E-state index < -0.39 is 5.79 Å². The van der Waals surface area contributed by atoms with Crippen LogP contribution >= 0.6 is 0 Å². The molecule has 3 heteroatoms. The van der Waals surface area contributed by atoms with E-state index in [4.69, 9.17) is 14.2 Å². The first-order valence-corrected chi connectivity index (χ1v) is 3.48. The molecule has 0 aromatic heterocycles. The minimum Gasteiger partial charge on any atom is -0.356 e. The highest BCUT2D eigenvalue weighted by Crippen LogP contribution is 2.21. The molecule has 1 fully saturated rings. The molecule has 1 aliphatic heterocycles. The molecule has 1 aliphatic rings. The lowest BCUT2D eigenvalue weighted by atomic mass is 10.3. The van der Waals surface area contributed by atoms with Gasteiger partial charge in [-0.25, -0.2) is 0 Å². The molecular weight excluding hydrogens is 132 g/mol. The highest BCUT2D eigenvalue weighted by atomic mass is 16.8. The predicted octanol–water partition coefficient (Wildman–Crippen LogP) is 1.13. The molecule has 1 rings (SSSR count). The van der Waals surface area contributed by atoms with Crippen molar-refractivity contribution in [3.05, 3.63) is 0 Å². The summed E-state index contributed by atoms with van der Waals surface area (Å²) in [5.41, 5.74) is 0. The maximum absolute atomic E-state index is 5.38. The van der Waals surface area contributed by atoms with E-state index in [2.05, 4.69) is 0 Å². The van der Waals surface area contributed by atoms with Crippen LogP contribution in [0.2, 0.25) is 0 Å². The van der Waals surface area contributed by atoms with Crippen LogP contribution in [-0.4, -0.2) is 25.8 Å². The summed E-state index contributed by atoms with van der Waals surface area (Å²) in [6.07, 6.45) is 0.726. The summed E-state index contributed by atoms with van der Waals surface area (Å²) in [6, 6.07) is 0. The van der Waals surface area contributed by atoms with Crippen LogP contribution in [0, 0.1) is 0 Å². The molecule has 0 spiro atoms. The average Bonchev–Trinajstić information content (AvgIpc) is 1.86. The Morgan fingerprint density at radius 3 is 2.60 bits per heavy atom. The number of methoxy groups -OCH3 is 1. The minimum atomic E-state index is -0.473. The van der Waals surface area contributed by atoms with Gasteiger partial charge < -0.3 is 14.2 Å². The number of hydrogen-bond acceptors (Lipinski definition) is 3. The number of ether oxygens (including phenoxy) is 3. The van der Waals surface area contributed by atoms with Crippen LogP contribution < -0.4 is 0 Å². The molecule has 60 valence electrons. The first-order chi connectivity index (χ1) is 4.64. The Hall–Kier alpha value is -0.120. The van der Waals surface area contributed by atoms with Crippen molar-refractivity contribution in [1.82, 2.24) is 0 Å². The van der Waals surface area contributed by atoms with Crippen molar-refractivity contribution in [2.24, 2.45) is 0 Å². The topological polar surface area (TPSA) is 27.7 Å². The van der Waals surface area contributed by atoms with E-state index in [1.165, 1.54) is 0 Å². The van der Waals surface area contributed by atoms with Crippen LogP contribution in [0.5, 0.6) is 0 Å². The fourth-order valence-corrected chi connectivity index (χ4v) is 0.976. The van der Waals surface area contributed by atoms with Gasteiger partial charge in [-0.1, -0.05) is 0 Å². The molecule has 1 unspecified atom stereocenters. The average molecular weight is 146 g/mol. The standard InChI is InChI=1S/C7H14O3/c1-7(2)9-5-4-6(8-3)10-7/h6H,4-5H2,1-3H3. The van der Waals surface area contributed by atoms with E-state index >= 15 is 0 Å². The lowest BCUT2D eigenvalue weighted by Crippen LogP contribution is -2.40. The van der Waals surface area contributed by atoms with E-state index in [9.17, 15) is 0 Å². The van der Waals surface area contributed by atoms with Crippen molar-refractivity contribution in [2.45, 2.75) is 32.3 Å². The monoisotopic (exact) mass is 146 g/mol. The van der Waals surface area contributed by atoms with Crippen LogP contribution in [0.15, 0.2) is 0 Å². The minimum absolute atomic E-state index is 0.0938. The second kappa shape index (κ2) is 2.86. The predicted molar refractivity (Wildman–Crippen MR) is 36.5 cm³/mol. The van der Waals surface area contributed by atoms with Gasteiger partial charge in [0.05, 0.1) is 6.61 Å². The van der Waals surface area contributed by atoms with Crippen molar-refractivity contribution >= 4 is 0 Å². The summed E-state index contributed by atoms with van der Waals surface area (Å²) in [6.45, 7) is 4.49. The highest BCUT2D eigenvalue weighted by molar-refractivity contribution is 4.61. The molecule has 0 aromatic rings. The second-order valence-electron chi connectivity index (χ2n) is 2.82. The molecule has 0 amide bonds. The van der Waals surface area contributed by atoms with Crippen molar-refractivity contribution in [3.8, 4) is 0 Å². The zero-order chi connectivity index (χ0) is 7.61. The van der Waals surface area contributed by atoms with E-state index in [1.54, 1.807) is 7.11 Å². The van der Waals surface area contributed by atoms with Crippen molar-refractivity contribution in [2.75, 3.05) is 13.7 Å². The van der Waals surface area contributed by atoms with E-state index in [0.29, 0.717) is 6.61 Å². The lowest BCUT2D eigenvalue weighted by Gasteiger charge is -2.34. The largest absolute Gasteiger partial charge is 0.356 e. The Morgan fingerprint density at radius 2 is 2.20 bits per heavy atom. The molecule has 3 nitrogen and oxygen atoms in total. The molecule has 0 N–H and O–H groups in total. The van der Waals surface area contributed by atoms with Crippen molar-refractivity contribution < 1.29 is 14.2 Å². The molecule has 0 saturated carbocycles. The van der Waals surface area contributed by atoms with E-state index in [0.717, 1.165) is 6.42 Å². The van der Waals surface area contributed by atoms with E-state index in [-0.39, 0.29) is 6.29 Å². The zero-order valence-corrected chi connectivity index (χ0v) is 6.72. The summed E-state index contributed by atoms with van der Waals surface area (Å²) < 4.78 is 15.7. The van der Waals surface area contributed by atoms with Gasteiger partial charge in [0.1, 0.15) is 0 Å². The fraction of sp³-hybridized carbons (Fsp3) is 1.00. The Morgan fingerprint density at radius 1 is 1.50 bits per heavy atom. The third kappa shape index (κ3) is 1.94. The van der Waals surface area contributed by atoms with Crippen LogP contribution in [0.25, 0.3) is 0 Å². The quantitative estimate of drug-likeness (QED) is 0.555. The number of hydrogen-bond donors (Lipinski definition) is 0. The van der Waals surface area contributed by atoms with Crippen LogP contribution in [0.1, 0.15) is 20.3 Å². The number of rotatable bonds is 1. The van der Waals surface area contributed by atoms with Gasteiger partial charge in [0.25, 0.3) is 0 Å². The van der Waals surface area contributed by atoms with E-state index in [1.807, 2.05) is 13.8 Å². The SMILES string of the molecule is COC1CCOC(C)(C)O1. The van der Waals surface area contributed by atoms with Gasteiger partial charge in [0.2, 0.25) is 0 Å². The summed E-state index contributed by atoms with van der Waals surface area (Å²) in [5.74, 6) is -0.473. The smallest absolute Gasteiger partial charge is 0.165 e. The Kier molecular flexibility index (Phi) is 2.28. The van der Waals surface area contributed by atoms with Crippen LogP contribution in [0.3, 0.4) is 0 Å². The molecule has 10 heavy (non-hydrogen) atoms. The summed E-state index contributed by atoms with van der Waals surface area (Å²) in [5, 5.41) is 0. The van der Waals surface area contributed by atoms with Gasteiger partial charge in [0, 0.05) is 13.5 Å². The summed E-state index contributed by atoms with van der Waals surface area (Å²) in [7, 11) is 1.64.